The van der Waals surface area contributed by atoms with Gasteiger partial charge < -0.3 is 0 Å². The van der Waals surface area contributed by atoms with Gasteiger partial charge in [0.2, 0.25) is 0 Å². The highest BCUT2D eigenvalue weighted by molar-refractivity contribution is 14.1. The maximum absolute atomic E-state index is 12.8. The molecule has 0 radical (unpaired) electrons. The molecule has 1 unspecified atom stereocenters. The molecule has 0 spiro atoms. The Morgan fingerprint density at radius 3 is 2.69 bits per heavy atom. The van der Waals surface area contributed by atoms with Crippen molar-refractivity contribution in [2.75, 3.05) is 0 Å². The number of hydrogen-bond acceptors (Lipinski definition) is 0. The lowest BCUT2D eigenvalue weighted by Gasteiger charge is -2.18. The third-order valence-electron chi connectivity index (χ3n) is 2.57. The van der Waals surface area contributed by atoms with Gasteiger partial charge in [-0.15, -0.1) is 0 Å². The summed E-state index contributed by atoms with van der Waals surface area (Å²) in [6.45, 7) is 0. The van der Waals surface area contributed by atoms with E-state index in [-0.39, 0.29) is 12.3 Å². The zero-order valence-electron chi connectivity index (χ0n) is 6.74. The van der Waals surface area contributed by atoms with Crippen LogP contribution >= 0.6 is 34.2 Å². The van der Waals surface area contributed by atoms with E-state index in [0.29, 0.717) is 11.5 Å². The third-order valence-corrected chi connectivity index (χ3v) is 4.60. The van der Waals surface area contributed by atoms with E-state index in [0.717, 1.165) is 3.58 Å². The molecular weight excluding hydrogens is 308 g/mol. The predicted molar refractivity (Wildman–Crippen MR) is 57.2 cm³/mol. The van der Waals surface area contributed by atoms with Crippen LogP contribution in [0.1, 0.15) is 12.8 Å². The maximum Gasteiger partial charge on any atom is 0.252 e. The van der Waals surface area contributed by atoms with Gasteiger partial charge in [0.1, 0.15) is 0 Å². The van der Waals surface area contributed by atoms with Crippen molar-refractivity contribution >= 4 is 34.2 Å². The van der Waals surface area contributed by atoms with Crippen LogP contribution in [0.3, 0.4) is 0 Å². The molecule has 0 aromatic rings. The zero-order chi connectivity index (χ0) is 9.64. The summed E-state index contributed by atoms with van der Waals surface area (Å²) in [7, 11) is 0. The molecule has 1 saturated carbocycles. The SMILES string of the molecule is FC1(F)CC1[C@H]1CC=CC(Cl)=C1I. The fourth-order valence-electron chi connectivity index (χ4n) is 1.69. The summed E-state index contributed by atoms with van der Waals surface area (Å²) < 4.78 is 26.5. The van der Waals surface area contributed by atoms with E-state index in [2.05, 4.69) is 22.6 Å². The van der Waals surface area contributed by atoms with Crippen LogP contribution in [0.25, 0.3) is 0 Å². The number of halogens is 4. The van der Waals surface area contributed by atoms with Crippen molar-refractivity contribution in [1.82, 2.24) is 0 Å². The largest absolute Gasteiger partial charge is 0.252 e. The predicted octanol–water partition coefficient (Wildman–Crippen LogP) is 4.10. The number of hydrogen-bond donors (Lipinski definition) is 0. The Morgan fingerprint density at radius 1 is 1.54 bits per heavy atom. The normalized spacial score (nSPS) is 36.6. The average molecular weight is 317 g/mol. The fraction of sp³-hybridized carbons (Fsp3) is 0.556. The van der Waals surface area contributed by atoms with E-state index in [1.165, 1.54) is 0 Å². The van der Waals surface area contributed by atoms with Crippen molar-refractivity contribution < 1.29 is 8.78 Å². The van der Waals surface area contributed by atoms with Crippen molar-refractivity contribution in [3.63, 3.8) is 0 Å². The Balaban J connectivity index is 2.15. The van der Waals surface area contributed by atoms with Crippen molar-refractivity contribution in [2.45, 2.75) is 18.8 Å². The van der Waals surface area contributed by atoms with Gasteiger partial charge in [-0.05, 0) is 35.1 Å². The molecule has 0 aliphatic heterocycles. The van der Waals surface area contributed by atoms with Gasteiger partial charge in [0.15, 0.2) is 0 Å². The minimum Gasteiger partial charge on any atom is -0.207 e. The summed E-state index contributed by atoms with van der Waals surface area (Å²) in [4.78, 5) is 0. The summed E-state index contributed by atoms with van der Waals surface area (Å²) in [5.74, 6) is -2.96. The average Bonchev–Trinajstić information content (AvgIpc) is 2.66. The van der Waals surface area contributed by atoms with Crippen LogP contribution in [-0.4, -0.2) is 5.92 Å². The van der Waals surface area contributed by atoms with Gasteiger partial charge in [-0.1, -0.05) is 17.7 Å². The molecule has 72 valence electrons. The van der Waals surface area contributed by atoms with Crippen molar-refractivity contribution in [3.8, 4) is 0 Å². The quantitative estimate of drug-likeness (QED) is 0.639. The Bertz CT molecular complexity index is 296. The molecule has 0 nitrogen and oxygen atoms in total. The lowest BCUT2D eigenvalue weighted by molar-refractivity contribution is 0.0898. The van der Waals surface area contributed by atoms with Gasteiger partial charge >= 0.3 is 0 Å². The Hall–Kier alpha value is 0.360. The summed E-state index contributed by atoms with van der Waals surface area (Å²) in [6, 6.07) is 0. The molecule has 1 fully saturated rings. The molecule has 4 heteroatoms. The van der Waals surface area contributed by atoms with E-state index in [9.17, 15) is 8.78 Å². The summed E-state index contributed by atoms with van der Waals surface area (Å²) in [5.41, 5.74) is 0. The Kier molecular flexibility index (Phi) is 2.43. The van der Waals surface area contributed by atoms with E-state index in [1.807, 2.05) is 6.08 Å². The van der Waals surface area contributed by atoms with Crippen LogP contribution < -0.4 is 0 Å². The molecule has 13 heavy (non-hydrogen) atoms. The molecule has 2 aliphatic rings. The van der Waals surface area contributed by atoms with E-state index >= 15 is 0 Å². The second-order valence-corrected chi connectivity index (χ2v) is 5.08. The molecule has 0 heterocycles. The zero-order valence-corrected chi connectivity index (χ0v) is 9.65. The van der Waals surface area contributed by atoms with E-state index < -0.39 is 11.8 Å². The second-order valence-electron chi connectivity index (χ2n) is 3.51. The molecule has 0 aromatic heterocycles. The van der Waals surface area contributed by atoms with Crippen LogP contribution in [0.15, 0.2) is 20.8 Å². The number of rotatable bonds is 1. The molecule has 2 rings (SSSR count). The number of alkyl halides is 2. The van der Waals surface area contributed by atoms with E-state index in [4.69, 9.17) is 11.6 Å². The summed E-state index contributed by atoms with van der Waals surface area (Å²) in [5, 5.41) is 0.625. The van der Waals surface area contributed by atoms with Crippen LogP contribution in [-0.2, 0) is 0 Å². The van der Waals surface area contributed by atoms with Gasteiger partial charge in [-0.2, -0.15) is 0 Å². The lowest BCUT2D eigenvalue weighted by Crippen LogP contribution is -2.10. The fourth-order valence-corrected chi connectivity index (χ4v) is 2.79. The molecule has 0 bridgehead atoms. The minimum absolute atomic E-state index is 0.0299. The number of allylic oxidation sites excluding steroid dienone is 4. The Labute approximate surface area is 94.2 Å². The third kappa shape index (κ3) is 1.77. The monoisotopic (exact) mass is 316 g/mol. The highest BCUT2D eigenvalue weighted by Crippen LogP contribution is 2.57. The topological polar surface area (TPSA) is 0 Å². The standard InChI is InChI=1S/C9H8ClF2I/c10-7-3-1-2-5(8(7)13)6-4-9(6,11)12/h1,3,5-6H,2,4H2/t5-,6?/m1/s1. The first-order valence-corrected chi connectivity index (χ1v) is 5.57. The van der Waals surface area contributed by atoms with Crippen molar-refractivity contribution in [2.24, 2.45) is 11.8 Å². The first-order valence-electron chi connectivity index (χ1n) is 4.12. The smallest absolute Gasteiger partial charge is 0.207 e. The van der Waals surface area contributed by atoms with Crippen LogP contribution in [0.4, 0.5) is 8.78 Å². The molecule has 0 N–H and O–H groups in total. The molecule has 0 amide bonds. The summed E-state index contributed by atoms with van der Waals surface area (Å²) >= 11 is 7.95. The molecule has 0 saturated heterocycles. The first kappa shape index (κ1) is 9.90. The second kappa shape index (κ2) is 3.19. The van der Waals surface area contributed by atoms with Crippen LogP contribution in [0.2, 0.25) is 0 Å². The van der Waals surface area contributed by atoms with Crippen LogP contribution in [0, 0.1) is 11.8 Å². The molecule has 2 atom stereocenters. The lowest BCUT2D eigenvalue weighted by atomic mass is 9.95. The summed E-state index contributed by atoms with van der Waals surface area (Å²) in [6.07, 6.45) is 4.40. The van der Waals surface area contributed by atoms with Crippen molar-refractivity contribution in [3.05, 3.63) is 20.8 Å². The van der Waals surface area contributed by atoms with Crippen molar-refractivity contribution in [1.29, 1.82) is 0 Å². The minimum atomic E-state index is -2.44. The molecule has 2 aliphatic carbocycles. The van der Waals surface area contributed by atoms with Gasteiger partial charge in [0, 0.05) is 26.9 Å². The highest BCUT2D eigenvalue weighted by Gasteiger charge is 2.60. The Morgan fingerprint density at radius 2 is 2.15 bits per heavy atom. The van der Waals surface area contributed by atoms with Crippen LogP contribution in [0.5, 0.6) is 0 Å². The molecular formula is C9H8ClF2I. The van der Waals surface area contributed by atoms with Gasteiger partial charge in [-0.25, -0.2) is 8.78 Å². The van der Waals surface area contributed by atoms with Gasteiger partial charge in [-0.3, -0.25) is 0 Å². The molecule has 0 aromatic carbocycles. The highest BCUT2D eigenvalue weighted by atomic mass is 127. The maximum atomic E-state index is 12.8. The van der Waals surface area contributed by atoms with Gasteiger partial charge in [0.05, 0.1) is 0 Å². The van der Waals surface area contributed by atoms with E-state index in [1.54, 1.807) is 6.08 Å². The van der Waals surface area contributed by atoms with Gasteiger partial charge in [0.25, 0.3) is 5.92 Å². The first-order chi connectivity index (χ1) is 6.02.